The first-order chi connectivity index (χ1) is 13.2. The van der Waals surface area contributed by atoms with E-state index in [1.54, 1.807) is 13.2 Å². The number of aryl methyl sites for hydroxylation is 1. The van der Waals surface area contributed by atoms with E-state index in [1.807, 2.05) is 61.5 Å². The third-order valence-electron chi connectivity index (χ3n) is 4.02. The van der Waals surface area contributed by atoms with Crippen molar-refractivity contribution in [2.24, 2.45) is 4.99 Å². The molecular weight excluding hydrogens is 360 g/mol. The molecule has 1 amide bonds. The molecule has 0 aliphatic carbocycles. The number of hydrogen-bond acceptors (Lipinski definition) is 6. The minimum Gasteiger partial charge on any atom is -0.497 e. The predicted octanol–water partition coefficient (Wildman–Crippen LogP) is 3.69. The maximum absolute atomic E-state index is 13.1. The normalized spacial score (nSPS) is 15.3. The van der Waals surface area contributed by atoms with E-state index < -0.39 is 0 Å². The fourth-order valence-corrected chi connectivity index (χ4v) is 3.40. The number of amides is 1. The SMILES string of the molecule is COc1ccc(/C=C2\N=C(c3ccccc3)N(c3nnc(C)s3)C2=O)cc1. The van der Waals surface area contributed by atoms with Crippen LogP contribution in [-0.4, -0.2) is 29.0 Å². The molecule has 0 fully saturated rings. The standard InChI is InChI=1S/C20H16N4O2S/c1-13-22-23-20(27-13)24-18(15-6-4-3-5-7-15)21-17(19(24)25)12-14-8-10-16(26-2)11-9-14/h3-12H,1-2H3/b17-12-. The van der Waals surface area contributed by atoms with Crippen molar-refractivity contribution in [1.29, 1.82) is 0 Å². The predicted molar refractivity (Wildman–Crippen MR) is 106 cm³/mol. The first-order valence-corrected chi connectivity index (χ1v) is 9.12. The molecule has 0 saturated heterocycles. The molecule has 1 aromatic heterocycles. The van der Waals surface area contributed by atoms with Crippen molar-refractivity contribution in [3.8, 4) is 5.75 Å². The topological polar surface area (TPSA) is 67.7 Å². The van der Waals surface area contributed by atoms with Crippen LogP contribution in [0.15, 0.2) is 65.3 Å². The van der Waals surface area contributed by atoms with Crippen LogP contribution in [0.25, 0.3) is 6.08 Å². The van der Waals surface area contributed by atoms with E-state index in [0.29, 0.717) is 16.7 Å². The van der Waals surface area contributed by atoms with Crippen LogP contribution in [0.2, 0.25) is 0 Å². The Balaban J connectivity index is 1.77. The van der Waals surface area contributed by atoms with Crippen molar-refractivity contribution >= 4 is 34.3 Å². The Labute approximate surface area is 160 Å². The summed E-state index contributed by atoms with van der Waals surface area (Å²) in [5.41, 5.74) is 2.06. The second kappa shape index (κ2) is 7.13. The van der Waals surface area contributed by atoms with E-state index >= 15 is 0 Å². The van der Waals surface area contributed by atoms with Crippen molar-refractivity contribution in [2.75, 3.05) is 12.0 Å². The average molecular weight is 376 g/mol. The maximum atomic E-state index is 13.1. The smallest absolute Gasteiger partial charge is 0.284 e. The summed E-state index contributed by atoms with van der Waals surface area (Å²) in [5, 5.41) is 9.48. The summed E-state index contributed by atoms with van der Waals surface area (Å²) in [6.07, 6.45) is 1.76. The minimum absolute atomic E-state index is 0.221. The van der Waals surface area contributed by atoms with E-state index in [2.05, 4.69) is 15.2 Å². The second-order valence-corrected chi connectivity index (χ2v) is 7.01. The zero-order valence-corrected chi connectivity index (χ0v) is 15.6. The fraction of sp³-hybridized carbons (Fsp3) is 0.100. The number of aromatic nitrogens is 2. The lowest BCUT2D eigenvalue weighted by Crippen LogP contribution is -2.32. The molecule has 0 N–H and O–H groups in total. The highest BCUT2D eigenvalue weighted by Gasteiger charge is 2.34. The van der Waals surface area contributed by atoms with Gasteiger partial charge in [-0.25, -0.2) is 9.89 Å². The Morgan fingerprint density at radius 2 is 1.78 bits per heavy atom. The van der Waals surface area contributed by atoms with Gasteiger partial charge in [-0.1, -0.05) is 53.8 Å². The molecule has 0 saturated carbocycles. The van der Waals surface area contributed by atoms with Crippen LogP contribution < -0.4 is 9.64 Å². The number of nitrogens with zero attached hydrogens (tertiary/aromatic N) is 4. The first kappa shape index (κ1) is 17.1. The number of anilines is 1. The van der Waals surface area contributed by atoms with Crippen LogP contribution in [0, 0.1) is 6.92 Å². The number of amidine groups is 1. The van der Waals surface area contributed by atoms with Crippen LogP contribution in [0.1, 0.15) is 16.1 Å². The fourth-order valence-electron chi connectivity index (χ4n) is 2.71. The van der Waals surface area contributed by atoms with Gasteiger partial charge < -0.3 is 4.74 Å². The van der Waals surface area contributed by atoms with Gasteiger partial charge >= 0.3 is 0 Å². The largest absolute Gasteiger partial charge is 0.497 e. The third kappa shape index (κ3) is 3.37. The minimum atomic E-state index is -0.221. The Morgan fingerprint density at radius 1 is 1.04 bits per heavy atom. The molecule has 4 rings (SSSR count). The number of benzene rings is 2. The summed E-state index contributed by atoms with van der Waals surface area (Å²) in [4.78, 5) is 19.2. The Bertz CT molecular complexity index is 1040. The highest BCUT2D eigenvalue weighted by molar-refractivity contribution is 7.15. The van der Waals surface area contributed by atoms with Gasteiger partial charge in [0, 0.05) is 5.56 Å². The van der Waals surface area contributed by atoms with Crippen LogP contribution >= 0.6 is 11.3 Å². The Hall–Kier alpha value is -3.32. The van der Waals surface area contributed by atoms with Gasteiger partial charge in [0.25, 0.3) is 5.91 Å². The Morgan fingerprint density at radius 3 is 2.41 bits per heavy atom. The van der Waals surface area contributed by atoms with Crippen molar-refractivity contribution < 1.29 is 9.53 Å². The van der Waals surface area contributed by atoms with Crippen LogP contribution in [-0.2, 0) is 4.79 Å². The van der Waals surface area contributed by atoms with Gasteiger partial charge in [-0.05, 0) is 30.7 Å². The molecule has 2 aromatic carbocycles. The Kier molecular flexibility index (Phi) is 4.52. The molecular formula is C20H16N4O2S. The number of carbonyl (C=O) groups is 1. The molecule has 7 heteroatoms. The summed E-state index contributed by atoms with van der Waals surface area (Å²) < 4.78 is 5.18. The van der Waals surface area contributed by atoms with Gasteiger partial charge in [0.1, 0.15) is 22.3 Å². The molecule has 6 nitrogen and oxygen atoms in total. The highest BCUT2D eigenvalue weighted by atomic mass is 32.1. The number of aliphatic imine (C=N–C) groups is 1. The second-order valence-electron chi connectivity index (χ2n) is 5.85. The number of hydrogen-bond donors (Lipinski definition) is 0. The summed E-state index contributed by atoms with van der Waals surface area (Å²) in [6, 6.07) is 17.1. The van der Waals surface area contributed by atoms with Gasteiger partial charge in [-0.2, -0.15) is 0 Å². The maximum Gasteiger partial charge on any atom is 0.284 e. The van der Waals surface area contributed by atoms with E-state index in [-0.39, 0.29) is 5.91 Å². The summed E-state index contributed by atoms with van der Waals surface area (Å²) in [5.74, 6) is 1.09. The number of ether oxygens (including phenoxy) is 1. The van der Waals surface area contributed by atoms with E-state index in [9.17, 15) is 4.79 Å². The van der Waals surface area contributed by atoms with Gasteiger partial charge in [-0.3, -0.25) is 4.79 Å². The van der Waals surface area contributed by atoms with E-state index in [0.717, 1.165) is 21.9 Å². The van der Waals surface area contributed by atoms with Gasteiger partial charge in [-0.15, -0.1) is 10.2 Å². The van der Waals surface area contributed by atoms with Crippen molar-refractivity contribution in [1.82, 2.24) is 10.2 Å². The molecule has 0 atom stereocenters. The lowest BCUT2D eigenvalue weighted by molar-refractivity contribution is -0.113. The molecule has 0 bridgehead atoms. The van der Waals surface area contributed by atoms with Gasteiger partial charge in [0.2, 0.25) is 5.13 Å². The quantitative estimate of drug-likeness (QED) is 0.651. The van der Waals surface area contributed by atoms with Crippen molar-refractivity contribution in [2.45, 2.75) is 6.92 Å². The number of carbonyl (C=O) groups excluding carboxylic acids is 1. The monoisotopic (exact) mass is 376 g/mol. The lowest BCUT2D eigenvalue weighted by atomic mass is 10.2. The highest BCUT2D eigenvalue weighted by Crippen LogP contribution is 2.30. The first-order valence-electron chi connectivity index (χ1n) is 8.30. The van der Waals surface area contributed by atoms with Crippen LogP contribution in [0.5, 0.6) is 5.75 Å². The summed E-state index contributed by atoms with van der Waals surface area (Å²) in [6.45, 7) is 1.86. The average Bonchev–Trinajstić information content (AvgIpc) is 3.26. The lowest BCUT2D eigenvalue weighted by Gasteiger charge is -2.14. The zero-order valence-electron chi connectivity index (χ0n) is 14.8. The van der Waals surface area contributed by atoms with Crippen LogP contribution in [0.3, 0.4) is 0 Å². The zero-order chi connectivity index (χ0) is 18.8. The number of rotatable bonds is 4. The molecule has 3 aromatic rings. The summed E-state index contributed by atoms with van der Waals surface area (Å²) in [7, 11) is 1.62. The van der Waals surface area contributed by atoms with Gasteiger partial charge in [0.05, 0.1) is 7.11 Å². The van der Waals surface area contributed by atoms with E-state index in [1.165, 1.54) is 16.2 Å². The molecule has 27 heavy (non-hydrogen) atoms. The van der Waals surface area contributed by atoms with E-state index in [4.69, 9.17) is 4.74 Å². The molecule has 1 aliphatic rings. The molecule has 2 heterocycles. The summed E-state index contributed by atoms with van der Waals surface area (Å²) >= 11 is 1.36. The van der Waals surface area contributed by atoms with Crippen molar-refractivity contribution in [3.63, 3.8) is 0 Å². The molecule has 0 unspecified atom stereocenters. The van der Waals surface area contributed by atoms with Crippen molar-refractivity contribution in [3.05, 3.63) is 76.4 Å². The number of methoxy groups -OCH3 is 1. The molecule has 0 spiro atoms. The molecule has 1 aliphatic heterocycles. The molecule has 0 radical (unpaired) electrons. The molecule has 134 valence electrons. The van der Waals surface area contributed by atoms with Gasteiger partial charge in [0.15, 0.2) is 0 Å². The van der Waals surface area contributed by atoms with Crippen LogP contribution in [0.4, 0.5) is 5.13 Å². The third-order valence-corrected chi connectivity index (χ3v) is 4.84.